The molecule has 0 unspecified atom stereocenters. The molecule has 1 atom stereocenters. The summed E-state index contributed by atoms with van der Waals surface area (Å²) in [6.45, 7) is 1.65. The number of hydrogen-bond acceptors (Lipinski definition) is 6. The van der Waals surface area contributed by atoms with Crippen molar-refractivity contribution in [3.63, 3.8) is 0 Å². The zero-order valence-corrected chi connectivity index (χ0v) is 12.0. The third-order valence-corrected chi connectivity index (χ3v) is 3.08. The third-order valence-electron chi connectivity index (χ3n) is 2.86. The highest BCUT2D eigenvalue weighted by atomic mass is 32.1. The molecule has 2 rings (SSSR count). The second kappa shape index (κ2) is 5.85. The number of carbonyl (C=O) groups excluding carboxylic acids is 3. The molecule has 0 aliphatic carbocycles. The first kappa shape index (κ1) is 15.5. The van der Waals surface area contributed by atoms with Crippen molar-refractivity contribution in [2.45, 2.75) is 13.0 Å². The van der Waals surface area contributed by atoms with Crippen molar-refractivity contribution in [2.75, 3.05) is 5.32 Å². The first-order valence-corrected chi connectivity index (χ1v) is 6.42. The minimum absolute atomic E-state index is 0.0579. The molecule has 3 N–H and O–H groups in total. The van der Waals surface area contributed by atoms with Gasteiger partial charge >= 0.3 is 0 Å². The first-order valence-electron chi connectivity index (χ1n) is 6.01. The van der Waals surface area contributed by atoms with Crippen molar-refractivity contribution in [2.24, 2.45) is 0 Å². The van der Waals surface area contributed by atoms with Crippen molar-refractivity contribution in [1.29, 1.82) is 0 Å². The first-order chi connectivity index (χ1) is 10.3. The Hall–Kier alpha value is -2.88. The number of Topliss-reactive ketones (excluding diaryl/α,β-unsaturated/α-hetero) is 1. The van der Waals surface area contributed by atoms with Gasteiger partial charge < -0.3 is 16.0 Å². The van der Waals surface area contributed by atoms with Gasteiger partial charge in [0.15, 0.2) is 11.2 Å². The molecule has 22 heavy (non-hydrogen) atoms. The maximum Gasteiger partial charge on any atom is 0.294 e. The van der Waals surface area contributed by atoms with Crippen LogP contribution in [0.4, 0.5) is 11.4 Å². The number of ketones is 1. The van der Waals surface area contributed by atoms with E-state index in [9.17, 15) is 24.5 Å². The molecule has 2 amide bonds. The number of anilines is 1. The van der Waals surface area contributed by atoms with E-state index in [1.165, 1.54) is 12.1 Å². The maximum absolute atomic E-state index is 11.9. The Morgan fingerprint density at radius 2 is 2.09 bits per heavy atom. The maximum atomic E-state index is 11.9. The summed E-state index contributed by atoms with van der Waals surface area (Å²) in [7, 11) is 0. The third kappa shape index (κ3) is 3.06. The normalized spacial score (nSPS) is 16.7. The van der Waals surface area contributed by atoms with Gasteiger partial charge in [0.2, 0.25) is 0 Å². The molecule has 9 nitrogen and oxygen atoms in total. The van der Waals surface area contributed by atoms with Gasteiger partial charge in [-0.3, -0.25) is 24.5 Å². The van der Waals surface area contributed by atoms with Crippen molar-refractivity contribution >= 4 is 46.3 Å². The topological polar surface area (TPSA) is 130 Å². The molecular formula is C12H10N4O5S. The quantitative estimate of drug-likeness (QED) is 0.230. The van der Waals surface area contributed by atoms with Crippen LogP contribution in [0.2, 0.25) is 0 Å². The summed E-state index contributed by atoms with van der Waals surface area (Å²) in [4.78, 5) is 45.5. The van der Waals surface area contributed by atoms with E-state index in [0.29, 0.717) is 5.56 Å². The van der Waals surface area contributed by atoms with E-state index in [1.807, 2.05) is 0 Å². The molecule has 0 bridgehead atoms. The Morgan fingerprint density at radius 1 is 1.41 bits per heavy atom. The van der Waals surface area contributed by atoms with Crippen LogP contribution in [-0.2, 0) is 14.4 Å². The molecule has 1 aromatic rings. The van der Waals surface area contributed by atoms with E-state index >= 15 is 0 Å². The van der Waals surface area contributed by atoms with Crippen LogP contribution in [0.25, 0.3) is 0 Å². The zero-order chi connectivity index (χ0) is 16.4. The lowest BCUT2D eigenvalue weighted by atomic mass is 10.1. The lowest BCUT2D eigenvalue weighted by Gasteiger charge is -2.08. The van der Waals surface area contributed by atoms with E-state index in [-0.39, 0.29) is 16.5 Å². The predicted octanol–water partition coefficient (Wildman–Crippen LogP) is -0.216. The fourth-order valence-electron chi connectivity index (χ4n) is 1.81. The fraction of sp³-hybridized carbons (Fsp3) is 0.167. The zero-order valence-electron chi connectivity index (χ0n) is 11.2. The SMILES string of the molecule is Cc1ccc(NC(=O)C(=O)[C@H]2NC(=S)NC2=O)c([N+](=O)[O-])c1. The smallest absolute Gasteiger partial charge is 0.294 e. The Bertz CT molecular complexity index is 717. The molecule has 0 radical (unpaired) electrons. The Labute approximate surface area is 129 Å². The number of nitrogens with zero attached hydrogens (tertiary/aromatic N) is 1. The molecule has 1 aromatic carbocycles. The molecule has 114 valence electrons. The van der Waals surface area contributed by atoms with Crippen LogP contribution < -0.4 is 16.0 Å². The molecule has 1 heterocycles. The Morgan fingerprint density at radius 3 is 2.64 bits per heavy atom. The van der Waals surface area contributed by atoms with Gasteiger partial charge in [-0.2, -0.15) is 0 Å². The Kier molecular flexibility index (Phi) is 4.13. The van der Waals surface area contributed by atoms with Crippen molar-refractivity contribution < 1.29 is 19.3 Å². The largest absolute Gasteiger partial charge is 0.344 e. The highest BCUT2D eigenvalue weighted by Gasteiger charge is 2.37. The van der Waals surface area contributed by atoms with Gasteiger partial charge in [-0.15, -0.1) is 0 Å². The number of carbonyl (C=O) groups is 3. The van der Waals surface area contributed by atoms with Crippen LogP contribution in [-0.4, -0.2) is 33.7 Å². The minimum Gasteiger partial charge on any atom is -0.344 e. The molecular weight excluding hydrogens is 312 g/mol. The van der Waals surface area contributed by atoms with Crippen molar-refractivity contribution in [3.05, 3.63) is 33.9 Å². The van der Waals surface area contributed by atoms with Crippen LogP contribution in [0.3, 0.4) is 0 Å². The summed E-state index contributed by atoms with van der Waals surface area (Å²) < 4.78 is 0. The van der Waals surface area contributed by atoms with Gasteiger partial charge in [0.1, 0.15) is 5.69 Å². The molecule has 0 aromatic heterocycles. The lowest BCUT2D eigenvalue weighted by molar-refractivity contribution is -0.384. The van der Waals surface area contributed by atoms with Crippen LogP contribution in [0, 0.1) is 17.0 Å². The summed E-state index contributed by atoms with van der Waals surface area (Å²) >= 11 is 4.66. The summed E-state index contributed by atoms with van der Waals surface area (Å²) in [5.41, 5.74) is 0.147. The minimum atomic E-state index is -1.43. The van der Waals surface area contributed by atoms with Crippen molar-refractivity contribution in [3.8, 4) is 0 Å². The van der Waals surface area contributed by atoms with Gasteiger partial charge in [0, 0.05) is 6.07 Å². The number of nitro benzene ring substituents is 1. The fourth-order valence-corrected chi connectivity index (χ4v) is 2.03. The van der Waals surface area contributed by atoms with E-state index in [2.05, 4.69) is 28.2 Å². The Balaban J connectivity index is 2.19. The number of nitro groups is 1. The number of hydrogen-bond donors (Lipinski definition) is 3. The molecule has 1 fully saturated rings. The number of aryl methyl sites for hydroxylation is 1. The van der Waals surface area contributed by atoms with Crippen LogP contribution in [0.1, 0.15) is 5.56 Å². The van der Waals surface area contributed by atoms with E-state index in [1.54, 1.807) is 13.0 Å². The molecule has 1 aliphatic heterocycles. The van der Waals surface area contributed by atoms with Crippen LogP contribution in [0.15, 0.2) is 18.2 Å². The number of benzene rings is 1. The summed E-state index contributed by atoms with van der Waals surface area (Å²) in [6.07, 6.45) is 0. The predicted molar refractivity (Wildman–Crippen MR) is 79.1 cm³/mol. The lowest BCUT2D eigenvalue weighted by Crippen LogP contribution is -2.43. The number of nitrogens with one attached hydrogen (secondary N) is 3. The van der Waals surface area contributed by atoms with Crippen LogP contribution in [0.5, 0.6) is 0 Å². The van der Waals surface area contributed by atoms with Crippen molar-refractivity contribution in [1.82, 2.24) is 10.6 Å². The molecule has 10 heteroatoms. The number of rotatable bonds is 4. The standard InChI is InChI=1S/C12H10N4O5S/c1-5-2-3-6(7(4-5)16(20)21)13-11(19)9(17)8-10(18)15-12(22)14-8/h2-4,8H,1H3,(H,13,19)(H2,14,15,18,22)/t8-/m1/s1. The van der Waals surface area contributed by atoms with Gasteiger partial charge in [0.05, 0.1) is 4.92 Å². The average molecular weight is 322 g/mol. The van der Waals surface area contributed by atoms with Gasteiger partial charge in [-0.05, 0) is 30.8 Å². The van der Waals surface area contributed by atoms with E-state index < -0.39 is 28.6 Å². The van der Waals surface area contributed by atoms with Gasteiger partial charge in [0.25, 0.3) is 23.3 Å². The highest BCUT2D eigenvalue weighted by molar-refractivity contribution is 7.80. The highest BCUT2D eigenvalue weighted by Crippen LogP contribution is 2.25. The second-order valence-corrected chi connectivity index (χ2v) is 4.90. The van der Waals surface area contributed by atoms with Gasteiger partial charge in [-0.1, -0.05) is 6.07 Å². The number of thiocarbonyl (C=S) groups is 1. The molecule has 0 spiro atoms. The summed E-state index contributed by atoms with van der Waals surface area (Å²) in [5, 5.41) is 17.6. The summed E-state index contributed by atoms with van der Waals surface area (Å²) in [5.74, 6) is -2.99. The number of amides is 2. The van der Waals surface area contributed by atoms with Gasteiger partial charge in [-0.25, -0.2) is 0 Å². The van der Waals surface area contributed by atoms with E-state index in [4.69, 9.17) is 0 Å². The second-order valence-electron chi connectivity index (χ2n) is 4.49. The van der Waals surface area contributed by atoms with Crippen LogP contribution >= 0.6 is 12.2 Å². The average Bonchev–Trinajstić information content (AvgIpc) is 2.78. The van der Waals surface area contributed by atoms with E-state index in [0.717, 1.165) is 0 Å². The molecule has 1 saturated heterocycles. The summed E-state index contributed by atoms with van der Waals surface area (Å²) in [6, 6.07) is 2.68. The monoisotopic (exact) mass is 322 g/mol. The molecule has 1 aliphatic rings. The molecule has 0 saturated carbocycles.